The summed E-state index contributed by atoms with van der Waals surface area (Å²) >= 11 is 0. The molecule has 0 saturated carbocycles. The maximum Gasteiger partial charge on any atom is 0.306 e. The fraction of sp³-hybridized carbons (Fsp3) is 0.892. The third-order valence-corrected chi connectivity index (χ3v) is 7.58. The minimum atomic E-state index is -1.01. The van der Waals surface area contributed by atoms with E-state index in [-0.39, 0.29) is 61.2 Å². The molecule has 47 heavy (non-hydrogen) atoms. The monoisotopic (exact) mass is 672 g/mol. The van der Waals surface area contributed by atoms with Crippen molar-refractivity contribution in [3.63, 3.8) is 0 Å². The highest BCUT2D eigenvalue weighted by Crippen LogP contribution is 2.25. The number of hydrogen-bond acceptors (Lipinski definition) is 10. The SMILES string of the molecule is CCC(C)(OCCC(C)(C)OC(=O)CCCC(=O)OC(C)(C)CCOC(C)(C)C)C(=O)CCCC(=O)OC(C)(C)CCOC(C)(C)C. The summed E-state index contributed by atoms with van der Waals surface area (Å²) in [5, 5.41) is 0. The van der Waals surface area contributed by atoms with Crippen LogP contribution in [-0.2, 0) is 47.6 Å². The molecule has 0 aromatic heterocycles. The predicted octanol–water partition coefficient (Wildman–Crippen LogP) is 7.85. The quantitative estimate of drug-likeness (QED) is 0.0783. The van der Waals surface area contributed by atoms with Crippen LogP contribution < -0.4 is 0 Å². The zero-order valence-electron chi connectivity index (χ0n) is 32.3. The van der Waals surface area contributed by atoms with E-state index >= 15 is 0 Å². The van der Waals surface area contributed by atoms with Crippen molar-refractivity contribution in [1.82, 2.24) is 0 Å². The van der Waals surface area contributed by atoms with Crippen molar-refractivity contribution in [1.29, 1.82) is 0 Å². The van der Waals surface area contributed by atoms with Gasteiger partial charge in [-0.1, -0.05) is 6.92 Å². The van der Waals surface area contributed by atoms with Gasteiger partial charge in [-0.05, 0) is 109 Å². The third kappa shape index (κ3) is 23.0. The Morgan fingerprint density at radius 1 is 0.447 bits per heavy atom. The number of Topliss-reactive ketones (excluding diaryl/α,β-unsaturated/α-hetero) is 1. The van der Waals surface area contributed by atoms with Crippen molar-refractivity contribution in [3.05, 3.63) is 0 Å². The Bertz CT molecular complexity index is 984. The van der Waals surface area contributed by atoms with Crippen LogP contribution in [0.2, 0.25) is 0 Å². The van der Waals surface area contributed by atoms with Gasteiger partial charge in [0, 0.05) is 44.9 Å². The van der Waals surface area contributed by atoms with Crippen LogP contribution in [0.3, 0.4) is 0 Å². The molecule has 10 nitrogen and oxygen atoms in total. The maximum atomic E-state index is 13.1. The second-order valence-corrected chi connectivity index (χ2v) is 16.4. The largest absolute Gasteiger partial charge is 0.460 e. The predicted molar refractivity (Wildman–Crippen MR) is 183 cm³/mol. The van der Waals surface area contributed by atoms with E-state index in [4.69, 9.17) is 28.4 Å². The Hall–Kier alpha value is -2.04. The minimum absolute atomic E-state index is 0.0857. The zero-order valence-corrected chi connectivity index (χ0v) is 32.3. The van der Waals surface area contributed by atoms with Crippen LogP contribution in [0, 0.1) is 0 Å². The molecule has 0 rings (SSSR count). The molecular weight excluding hydrogens is 604 g/mol. The average Bonchev–Trinajstić information content (AvgIpc) is 2.85. The standard InChI is InChI=1S/C37H68O10/c1-15-37(14,28(38)18-16-19-29(39)45-34(8,9)22-25-42-32(2,3)4)44-27-24-36(12,13)47-31(41)21-17-20-30(40)46-35(10,11)23-26-43-33(5,6)7/h15-27H2,1-14H3. The van der Waals surface area contributed by atoms with Crippen molar-refractivity contribution in [2.45, 2.75) is 195 Å². The van der Waals surface area contributed by atoms with Gasteiger partial charge in [-0.15, -0.1) is 0 Å². The molecule has 0 aromatic rings. The highest BCUT2D eigenvalue weighted by Gasteiger charge is 2.33. The zero-order chi connectivity index (χ0) is 36.7. The first-order valence-corrected chi connectivity index (χ1v) is 17.3. The van der Waals surface area contributed by atoms with E-state index in [1.165, 1.54) is 0 Å². The van der Waals surface area contributed by atoms with Gasteiger partial charge in [0.25, 0.3) is 0 Å². The van der Waals surface area contributed by atoms with E-state index in [1.807, 2.05) is 76.2 Å². The molecule has 0 aliphatic heterocycles. The van der Waals surface area contributed by atoms with E-state index in [9.17, 15) is 19.2 Å². The number of carbonyl (C=O) groups excluding carboxylic acids is 4. The van der Waals surface area contributed by atoms with E-state index in [2.05, 4.69) is 0 Å². The van der Waals surface area contributed by atoms with Crippen molar-refractivity contribution in [2.75, 3.05) is 19.8 Å². The molecule has 0 amide bonds. The number of ether oxygens (including phenoxy) is 6. The maximum absolute atomic E-state index is 13.1. The Balaban J connectivity index is 4.54. The van der Waals surface area contributed by atoms with Gasteiger partial charge < -0.3 is 28.4 Å². The molecule has 0 fully saturated rings. The summed E-state index contributed by atoms with van der Waals surface area (Å²) in [7, 11) is 0. The van der Waals surface area contributed by atoms with E-state index < -0.39 is 28.4 Å². The topological polar surface area (TPSA) is 124 Å². The fourth-order valence-corrected chi connectivity index (χ4v) is 4.37. The summed E-state index contributed by atoms with van der Waals surface area (Å²) in [6.07, 6.45) is 3.20. The molecule has 0 heterocycles. The summed E-state index contributed by atoms with van der Waals surface area (Å²) < 4.78 is 34.4. The number of rotatable bonds is 23. The van der Waals surface area contributed by atoms with Gasteiger partial charge in [-0.25, -0.2) is 0 Å². The molecular formula is C37H68O10. The smallest absolute Gasteiger partial charge is 0.306 e. The first-order valence-electron chi connectivity index (χ1n) is 17.3. The lowest BCUT2D eigenvalue weighted by Crippen LogP contribution is -2.40. The number of esters is 3. The Labute approximate surface area is 285 Å². The molecule has 1 unspecified atom stereocenters. The number of carbonyl (C=O) groups is 4. The summed E-state index contributed by atoms with van der Waals surface area (Å²) in [5.41, 5.74) is -3.67. The highest BCUT2D eigenvalue weighted by molar-refractivity contribution is 5.87. The molecule has 0 aliphatic carbocycles. The summed E-state index contributed by atoms with van der Waals surface area (Å²) in [4.78, 5) is 50.3. The van der Waals surface area contributed by atoms with Gasteiger partial charge in [-0.3, -0.25) is 19.2 Å². The van der Waals surface area contributed by atoms with E-state index in [0.29, 0.717) is 51.7 Å². The normalized spacial score (nSPS) is 14.3. The van der Waals surface area contributed by atoms with Gasteiger partial charge >= 0.3 is 17.9 Å². The molecule has 0 saturated heterocycles. The van der Waals surface area contributed by atoms with Crippen molar-refractivity contribution < 1.29 is 47.6 Å². The molecule has 0 radical (unpaired) electrons. The third-order valence-electron chi connectivity index (χ3n) is 7.58. The van der Waals surface area contributed by atoms with Crippen LogP contribution in [0.15, 0.2) is 0 Å². The second kappa shape index (κ2) is 19.2. The Kier molecular flexibility index (Phi) is 18.4. The van der Waals surface area contributed by atoms with Gasteiger partial charge in [0.15, 0.2) is 5.78 Å². The first kappa shape index (κ1) is 45.0. The molecule has 10 heteroatoms. The molecule has 0 spiro atoms. The fourth-order valence-electron chi connectivity index (χ4n) is 4.37. The van der Waals surface area contributed by atoms with Crippen LogP contribution in [0.5, 0.6) is 0 Å². The molecule has 1 atom stereocenters. The van der Waals surface area contributed by atoms with Gasteiger partial charge in [-0.2, -0.15) is 0 Å². The van der Waals surface area contributed by atoms with Crippen LogP contribution in [0.25, 0.3) is 0 Å². The van der Waals surface area contributed by atoms with Gasteiger partial charge in [0.05, 0.1) is 31.0 Å². The van der Waals surface area contributed by atoms with Gasteiger partial charge in [0.1, 0.15) is 22.4 Å². The lowest BCUT2D eigenvalue weighted by molar-refractivity contribution is -0.163. The molecule has 0 aliphatic rings. The van der Waals surface area contributed by atoms with E-state index in [0.717, 1.165) is 0 Å². The van der Waals surface area contributed by atoms with Crippen LogP contribution >= 0.6 is 0 Å². The molecule has 276 valence electrons. The van der Waals surface area contributed by atoms with E-state index in [1.54, 1.807) is 20.8 Å². The first-order chi connectivity index (χ1) is 21.2. The second-order valence-electron chi connectivity index (χ2n) is 16.4. The Morgan fingerprint density at radius 3 is 1.04 bits per heavy atom. The van der Waals surface area contributed by atoms with Crippen molar-refractivity contribution >= 4 is 23.7 Å². The van der Waals surface area contributed by atoms with Crippen molar-refractivity contribution in [2.24, 2.45) is 0 Å². The summed E-state index contributed by atoms with van der Waals surface area (Å²) in [6.45, 7) is 27.6. The average molecular weight is 673 g/mol. The molecule has 0 aromatic carbocycles. The van der Waals surface area contributed by atoms with Crippen LogP contribution in [0.4, 0.5) is 0 Å². The Morgan fingerprint density at radius 2 is 0.745 bits per heavy atom. The van der Waals surface area contributed by atoms with Crippen LogP contribution in [-0.4, -0.2) is 77.1 Å². The minimum Gasteiger partial charge on any atom is -0.460 e. The number of ketones is 1. The summed E-state index contributed by atoms with van der Waals surface area (Å²) in [6, 6.07) is 0. The molecule has 0 N–H and O–H groups in total. The highest BCUT2D eigenvalue weighted by atomic mass is 16.6. The van der Waals surface area contributed by atoms with Gasteiger partial charge in [0.2, 0.25) is 0 Å². The van der Waals surface area contributed by atoms with Crippen molar-refractivity contribution in [3.8, 4) is 0 Å². The van der Waals surface area contributed by atoms with Crippen LogP contribution in [0.1, 0.15) is 161 Å². The molecule has 0 bridgehead atoms. The summed E-state index contributed by atoms with van der Waals surface area (Å²) in [5.74, 6) is -1.20. The number of hydrogen-bond donors (Lipinski definition) is 0. The lowest BCUT2D eigenvalue weighted by atomic mass is 9.93. The lowest BCUT2D eigenvalue weighted by Gasteiger charge is -2.31.